The summed E-state index contributed by atoms with van der Waals surface area (Å²) in [7, 11) is 2.05. The van der Waals surface area contributed by atoms with Crippen LogP contribution in [0, 0.1) is 17.2 Å². The Morgan fingerprint density at radius 2 is 1.94 bits per heavy atom. The number of hydrogen-bond acceptors (Lipinski definition) is 3. The van der Waals surface area contributed by atoms with Crippen molar-refractivity contribution in [2.24, 2.45) is 5.92 Å². The van der Waals surface area contributed by atoms with Crippen molar-refractivity contribution >= 4 is 16.6 Å². The molecule has 4 nitrogen and oxygen atoms in total. The van der Waals surface area contributed by atoms with Crippen LogP contribution < -0.4 is 11.1 Å². The van der Waals surface area contributed by atoms with E-state index in [1.807, 2.05) is 18.2 Å². The van der Waals surface area contributed by atoms with Crippen LogP contribution >= 0.6 is 0 Å². The van der Waals surface area contributed by atoms with Gasteiger partial charge in [0, 0.05) is 34.9 Å². The molecule has 0 saturated carbocycles. The summed E-state index contributed by atoms with van der Waals surface area (Å²) in [6.07, 6.45) is 5.75. The molecule has 4 rings (SSSR count). The van der Waals surface area contributed by atoms with Crippen molar-refractivity contribution < 1.29 is 0 Å². The van der Waals surface area contributed by atoms with Crippen molar-refractivity contribution in [2.75, 3.05) is 12.8 Å². The molecule has 0 saturated heterocycles. The van der Waals surface area contributed by atoms with Gasteiger partial charge in [0.2, 0.25) is 0 Å². The van der Waals surface area contributed by atoms with Crippen LogP contribution in [0.3, 0.4) is 0 Å². The van der Waals surface area contributed by atoms with Gasteiger partial charge in [-0.15, -0.1) is 0 Å². The number of fused-ring (bicyclic) bond motifs is 3. The van der Waals surface area contributed by atoms with E-state index in [0.717, 1.165) is 36.6 Å². The van der Waals surface area contributed by atoms with Gasteiger partial charge in [-0.2, -0.15) is 5.26 Å². The van der Waals surface area contributed by atoms with Gasteiger partial charge in [0.25, 0.3) is 0 Å². The predicted molar refractivity (Wildman–Crippen MR) is 131 cm³/mol. The Bertz CT molecular complexity index is 1050. The average Bonchev–Trinajstić information content (AvgIpc) is 2.98. The van der Waals surface area contributed by atoms with Gasteiger partial charge in [-0.1, -0.05) is 39.3 Å². The molecule has 1 aliphatic rings. The summed E-state index contributed by atoms with van der Waals surface area (Å²) in [4.78, 5) is 0. The maximum Gasteiger partial charge on any atom is 0.0991 e. The molecule has 164 valence electrons. The van der Waals surface area contributed by atoms with E-state index in [2.05, 4.69) is 68.0 Å². The van der Waals surface area contributed by atoms with Gasteiger partial charge in [0.05, 0.1) is 11.6 Å². The molecule has 3 N–H and O–H groups in total. The van der Waals surface area contributed by atoms with Gasteiger partial charge in [-0.05, 0) is 80.1 Å². The van der Waals surface area contributed by atoms with Crippen molar-refractivity contribution in [1.82, 2.24) is 9.88 Å². The molecule has 0 aliphatic heterocycles. The maximum atomic E-state index is 9.39. The quantitative estimate of drug-likeness (QED) is 0.541. The molecule has 1 aliphatic carbocycles. The molecule has 2 aromatic carbocycles. The average molecular weight is 417 g/mol. The zero-order valence-corrected chi connectivity index (χ0v) is 19.4. The number of anilines is 1. The van der Waals surface area contributed by atoms with Crippen molar-refractivity contribution in [2.45, 2.75) is 65.5 Å². The third-order valence-electron chi connectivity index (χ3n) is 5.78. The molecular formula is C27H36N4. The minimum Gasteiger partial charge on any atom is -0.399 e. The first-order chi connectivity index (χ1) is 14.9. The molecule has 3 aromatic rings. The Morgan fingerprint density at radius 3 is 2.61 bits per heavy atom. The van der Waals surface area contributed by atoms with Crippen LogP contribution in [0.4, 0.5) is 5.69 Å². The normalized spacial score (nSPS) is 16.1. The Labute approximate surface area is 187 Å². The van der Waals surface area contributed by atoms with Crippen LogP contribution in [0.2, 0.25) is 0 Å². The fourth-order valence-electron chi connectivity index (χ4n) is 4.39. The van der Waals surface area contributed by atoms with Gasteiger partial charge < -0.3 is 15.6 Å². The summed E-state index contributed by atoms with van der Waals surface area (Å²) in [5.74, 6) is 0.833. The van der Waals surface area contributed by atoms with Gasteiger partial charge in [-0.3, -0.25) is 0 Å². The van der Waals surface area contributed by atoms with E-state index in [-0.39, 0.29) is 0 Å². The number of benzene rings is 2. The van der Waals surface area contributed by atoms with E-state index in [0.29, 0.717) is 6.04 Å². The van der Waals surface area contributed by atoms with Gasteiger partial charge in [0.15, 0.2) is 0 Å². The monoisotopic (exact) mass is 416 g/mol. The number of rotatable bonds is 3. The maximum absolute atomic E-state index is 9.39. The lowest BCUT2D eigenvalue weighted by Gasteiger charge is -2.21. The van der Waals surface area contributed by atoms with Crippen LogP contribution in [-0.4, -0.2) is 17.7 Å². The smallest absolute Gasteiger partial charge is 0.0991 e. The topological polar surface area (TPSA) is 66.8 Å². The van der Waals surface area contributed by atoms with Gasteiger partial charge >= 0.3 is 0 Å². The fourth-order valence-corrected chi connectivity index (χ4v) is 4.39. The molecule has 1 aromatic heterocycles. The van der Waals surface area contributed by atoms with Crippen LogP contribution in [0.1, 0.15) is 62.4 Å². The Hall–Kier alpha value is -2.77. The van der Waals surface area contributed by atoms with Crippen LogP contribution in [-0.2, 0) is 19.4 Å². The molecular weight excluding hydrogens is 380 g/mol. The molecule has 1 heterocycles. The third-order valence-corrected chi connectivity index (χ3v) is 5.78. The molecule has 31 heavy (non-hydrogen) atoms. The molecule has 0 amide bonds. The van der Waals surface area contributed by atoms with Crippen molar-refractivity contribution in [3.8, 4) is 6.07 Å². The largest absolute Gasteiger partial charge is 0.399 e. The summed E-state index contributed by atoms with van der Waals surface area (Å²) < 4.78 is 2.44. The summed E-state index contributed by atoms with van der Waals surface area (Å²) in [5.41, 5.74) is 12.8. The summed E-state index contributed by atoms with van der Waals surface area (Å²) in [5, 5.41) is 14.1. The van der Waals surface area contributed by atoms with E-state index in [1.54, 1.807) is 0 Å². The zero-order chi connectivity index (χ0) is 22.4. The molecule has 0 spiro atoms. The lowest BCUT2D eigenvalue weighted by Crippen LogP contribution is -2.29. The standard InChI is InChI=1S/C23H26N4.C4H10/c1-26-19-7-2-3-8-22-21(13-19)20-12-16(14-24)9-10-23(20)27(22)15-17-5-4-6-18(25)11-17;1-4(2)3/h4-6,9-12,19,26H,2-3,7-8,13,15,25H2,1H3;4H,1-3H3. The fraction of sp³-hybridized carbons (Fsp3) is 0.444. The summed E-state index contributed by atoms with van der Waals surface area (Å²) >= 11 is 0. The van der Waals surface area contributed by atoms with E-state index in [4.69, 9.17) is 5.73 Å². The second kappa shape index (κ2) is 10.5. The number of nitrogens with zero attached hydrogens (tertiary/aromatic N) is 2. The van der Waals surface area contributed by atoms with Crippen molar-refractivity contribution in [1.29, 1.82) is 5.26 Å². The van der Waals surface area contributed by atoms with E-state index in [1.165, 1.54) is 47.0 Å². The first-order valence-electron chi connectivity index (χ1n) is 11.5. The molecule has 0 bridgehead atoms. The van der Waals surface area contributed by atoms with E-state index in [9.17, 15) is 5.26 Å². The molecule has 0 fully saturated rings. The number of nitrogens with two attached hydrogens (primary N) is 1. The highest BCUT2D eigenvalue weighted by Gasteiger charge is 2.22. The second-order valence-electron chi connectivity index (χ2n) is 9.27. The molecule has 4 heteroatoms. The van der Waals surface area contributed by atoms with Crippen LogP contribution in [0.25, 0.3) is 10.9 Å². The number of nitrogens with one attached hydrogen (secondary N) is 1. The van der Waals surface area contributed by atoms with Crippen LogP contribution in [0.5, 0.6) is 0 Å². The Balaban J connectivity index is 0.000000628. The minimum atomic E-state index is 0.487. The Kier molecular flexibility index (Phi) is 7.76. The molecule has 0 radical (unpaired) electrons. The number of nitrogen functional groups attached to an aromatic ring is 1. The van der Waals surface area contributed by atoms with Gasteiger partial charge in [-0.25, -0.2) is 0 Å². The molecule has 1 atom stereocenters. The van der Waals surface area contributed by atoms with Crippen LogP contribution in [0.15, 0.2) is 42.5 Å². The van der Waals surface area contributed by atoms with Crippen molar-refractivity contribution in [3.63, 3.8) is 0 Å². The number of aromatic nitrogens is 1. The highest BCUT2D eigenvalue weighted by atomic mass is 15.0. The van der Waals surface area contributed by atoms with E-state index < -0.39 is 0 Å². The number of hydrogen-bond donors (Lipinski definition) is 2. The SMILES string of the molecule is CC(C)C.CNC1CCCCc2c(c3cc(C#N)ccc3n2Cc2cccc(N)c2)C1. The lowest BCUT2D eigenvalue weighted by atomic mass is 9.93. The Morgan fingerprint density at radius 1 is 1.16 bits per heavy atom. The second-order valence-corrected chi connectivity index (χ2v) is 9.27. The minimum absolute atomic E-state index is 0.487. The summed E-state index contributed by atoms with van der Waals surface area (Å²) in [6.45, 7) is 7.31. The first kappa shape index (κ1) is 22.9. The zero-order valence-electron chi connectivity index (χ0n) is 19.4. The summed E-state index contributed by atoms with van der Waals surface area (Å²) in [6, 6.07) is 17.0. The number of nitriles is 1. The molecule has 1 unspecified atom stereocenters. The highest BCUT2D eigenvalue weighted by molar-refractivity contribution is 5.87. The highest BCUT2D eigenvalue weighted by Crippen LogP contribution is 2.32. The lowest BCUT2D eigenvalue weighted by molar-refractivity contribution is 0.475. The van der Waals surface area contributed by atoms with E-state index >= 15 is 0 Å². The first-order valence-corrected chi connectivity index (χ1v) is 11.5. The number of likely N-dealkylation sites (N-methyl/N-ethyl adjacent to an activating group) is 1. The van der Waals surface area contributed by atoms with Gasteiger partial charge in [0.1, 0.15) is 0 Å². The van der Waals surface area contributed by atoms with Crippen molar-refractivity contribution in [3.05, 3.63) is 64.8 Å². The third kappa shape index (κ3) is 5.68. The predicted octanol–water partition coefficient (Wildman–Crippen LogP) is 5.66.